The molecule has 0 fully saturated rings. The molecule has 1 radical (unpaired) electrons. The molecule has 0 aliphatic carbocycles. The fourth-order valence-electron chi connectivity index (χ4n) is 0.564. The van der Waals surface area contributed by atoms with Gasteiger partial charge in [-0.2, -0.15) is 0 Å². The van der Waals surface area contributed by atoms with Gasteiger partial charge in [-0.05, 0) is 13.8 Å². The molecule has 0 bridgehead atoms. The second kappa shape index (κ2) is 4.27. The lowest BCUT2D eigenvalue weighted by Crippen LogP contribution is -2.45. The van der Waals surface area contributed by atoms with Crippen molar-refractivity contribution in [3.8, 4) is 0 Å². The molecule has 11 heavy (non-hydrogen) atoms. The minimum atomic E-state index is -2.37. The predicted molar refractivity (Wildman–Crippen MR) is 36.3 cm³/mol. The van der Waals surface area contributed by atoms with Crippen molar-refractivity contribution in [3.05, 3.63) is 0 Å². The Morgan fingerprint density at radius 2 is 1.82 bits per heavy atom. The maximum atomic E-state index is 10.4. The Balaban J connectivity index is 4.13. The lowest BCUT2D eigenvalue weighted by Gasteiger charge is -2.22. The van der Waals surface area contributed by atoms with Gasteiger partial charge in [0, 0.05) is 0 Å². The van der Waals surface area contributed by atoms with Gasteiger partial charge in [0.05, 0.1) is 13.2 Å². The van der Waals surface area contributed by atoms with Gasteiger partial charge in [-0.1, -0.05) is 0 Å². The highest BCUT2D eigenvalue weighted by Gasteiger charge is 2.36. The van der Waals surface area contributed by atoms with Crippen molar-refractivity contribution in [1.29, 1.82) is 0 Å². The van der Waals surface area contributed by atoms with Gasteiger partial charge in [-0.25, -0.2) is 0 Å². The van der Waals surface area contributed by atoms with Crippen LogP contribution in [-0.2, 0) is 14.3 Å². The minimum absolute atomic E-state index is 0.112. The van der Waals surface area contributed by atoms with Crippen LogP contribution >= 0.6 is 0 Å². The molecule has 0 rings (SSSR count). The van der Waals surface area contributed by atoms with Crippen LogP contribution in [0.4, 0.5) is 0 Å². The number of nitrogens with one attached hydrogen (secondary N) is 1. The molecule has 5 nitrogen and oxygen atoms in total. The van der Waals surface area contributed by atoms with Crippen LogP contribution in [0, 0.1) is 0 Å². The van der Waals surface area contributed by atoms with E-state index < -0.39 is 11.9 Å². The van der Waals surface area contributed by atoms with Crippen molar-refractivity contribution in [3.63, 3.8) is 0 Å². The first-order valence-electron chi connectivity index (χ1n) is 3.33. The number of carbonyl (C=O) groups is 1. The zero-order valence-corrected chi connectivity index (χ0v) is 6.59. The third kappa shape index (κ3) is 2.83. The standard InChI is InChI=1S/C6H12NO4/c1-3-10-6(9,5(7)8)11-4-2/h7,9H,3-4H2,1-2H3. The number of hydrogen-bond donors (Lipinski definition) is 1. The summed E-state index contributed by atoms with van der Waals surface area (Å²) in [7, 11) is 0. The first-order valence-corrected chi connectivity index (χ1v) is 3.33. The number of aliphatic hydroxyl groups is 1. The normalized spacial score (nSPS) is 11.5. The van der Waals surface area contributed by atoms with Crippen LogP contribution in [0.3, 0.4) is 0 Å². The molecule has 0 atom stereocenters. The predicted octanol–water partition coefficient (Wildman–Crippen LogP) is -0.485. The summed E-state index contributed by atoms with van der Waals surface area (Å²) in [6.07, 6.45) is 0. The highest BCUT2D eigenvalue weighted by Crippen LogP contribution is 2.08. The Bertz CT molecular complexity index is 131. The van der Waals surface area contributed by atoms with Crippen molar-refractivity contribution in [1.82, 2.24) is 5.73 Å². The van der Waals surface area contributed by atoms with Crippen LogP contribution in [-0.4, -0.2) is 30.2 Å². The quantitative estimate of drug-likeness (QED) is 0.553. The lowest BCUT2D eigenvalue weighted by molar-refractivity contribution is -0.330. The smallest absolute Gasteiger partial charge is 0.336 e. The Hall–Kier alpha value is -0.650. The third-order valence-corrected chi connectivity index (χ3v) is 0.967. The molecule has 0 heterocycles. The fraction of sp³-hybridized carbons (Fsp3) is 0.833. The molecule has 5 heteroatoms. The molecule has 2 N–H and O–H groups in total. The maximum Gasteiger partial charge on any atom is 0.367 e. The molecule has 0 saturated carbocycles. The topological polar surface area (TPSA) is 79.6 Å². The van der Waals surface area contributed by atoms with E-state index in [1.807, 2.05) is 0 Å². The SMILES string of the molecule is CCOC(O)(OCC)C([NH])=O. The number of carbonyl (C=O) groups excluding carboxylic acids is 1. The molecular weight excluding hydrogens is 150 g/mol. The van der Waals surface area contributed by atoms with Gasteiger partial charge in [0.1, 0.15) is 0 Å². The summed E-state index contributed by atoms with van der Waals surface area (Å²) >= 11 is 0. The van der Waals surface area contributed by atoms with E-state index in [0.29, 0.717) is 0 Å². The van der Waals surface area contributed by atoms with E-state index in [0.717, 1.165) is 0 Å². The summed E-state index contributed by atoms with van der Waals surface area (Å²) in [5, 5.41) is 9.11. The monoisotopic (exact) mass is 162 g/mol. The van der Waals surface area contributed by atoms with Gasteiger partial charge in [-0.15, -0.1) is 0 Å². The Morgan fingerprint density at radius 3 is 2.00 bits per heavy atom. The van der Waals surface area contributed by atoms with Gasteiger partial charge in [-0.3, -0.25) is 10.5 Å². The molecule has 0 aromatic carbocycles. The minimum Gasteiger partial charge on any atom is -0.336 e. The molecule has 1 amide bonds. The van der Waals surface area contributed by atoms with E-state index >= 15 is 0 Å². The zero-order valence-electron chi connectivity index (χ0n) is 6.59. The highest BCUT2D eigenvalue weighted by molar-refractivity contribution is 5.79. The van der Waals surface area contributed by atoms with Crippen LogP contribution in [0.2, 0.25) is 0 Å². The van der Waals surface area contributed by atoms with Gasteiger partial charge in [0.2, 0.25) is 0 Å². The molecule has 0 aliphatic rings. The number of hydrogen-bond acceptors (Lipinski definition) is 4. The van der Waals surface area contributed by atoms with Gasteiger partial charge >= 0.3 is 11.9 Å². The molecule has 0 aliphatic heterocycles. The lowest BCUT2D eigenvalue weighted by atomic mass is 10.5. The maximum absolute atomic E-state index is 10.4. The molecule has 65 valence electrons. The zero-order chi connectivity index (χ0) is 8.91. The second-order valence-corrected chi connectivity index (χ2v) is 1.78. The van der Waals surface area contributed by atoms with Crippen molar-refractivity contribution < 1.29 is 19.4 Å². The van der Waals surface area contributed by atoms with E-state index in [4.69, 9.17) is 10.8 Å². The molecular formula is C6H12NO4. The van der Waals surface area contributed by atoms with E-state index in [1.165, 1.54) is 0 Å². The molecule has 0 unspecified atom stereocenters. The highest BCUT2D eigenvalue weighted by atomic mass is 16.8. The summed E-state index contributed by atoms with van der Waals surface area (Å²) < 4.78 is 9.06. The largest absolute Gasteiger partial charge is 0.367 e. The fourth-order valence-corrected chi connectivity index (χ4v) is 0.564. The van der Waals surface area contributed by atoms with Crippen molar-refractivity contribution in [2.75, 3.05) is 13.2 Å². The Labute approximate surface area is 65.1 Å². The first-order chi connectivity index (χ1) is 5.06. The second-order valence-electron chi connectivity index (χ2n) is 1.78. The molecule has 0 aromatic heterocycles. The average molecular weight is 162 g/mol. The Kier molecular flexibility index (Phi) is 4.02. The van der Waals surface area contributed by atoms with Crippen molar-refractivity contribution >= 4 is 5.91 Å². The van der Waals surface area contributed by atoms with Crippen LogP contribution in [0.5, 0.6) is 0 Å². The van der Waals surface area contributed by atoms with Gasteiger partial charge in [0.25, 0.3) is 0 Å². The first kappa shape index (κ1) is 10.3. The molecule has 0 saturated heterocycles. The van der Waals surface area contributed by atoms with Crippen LogP contribution < -0.4 is 5.73 Å². The summed E-state index contributed by atoms with van der Waals surface area (Å²) in [5.74, 6) is -3.66. The van der Waals surface area contributed by atoms with Crippen LogP contribution in [0.25, 0.3) is 0 Å². The van der Waals surface area contributed by atoms with Crippen LogP contribution in [0.1, 0.15) is 13.8 Å². The number of ether oxygens (including phenoxy) is 2. The van der Waals surface area contributed by atoms with Gasteiger partial charge < -0.3 is 14.6 Å². The van der Waals surface area contributed by atoms with E-state index in [9.17, 15) is 4.79 Å². The van der Waals surface area contributed by atoms with E-state index in [-0.39, 0.29) is 13.2 Å². The summed E-state index contributed by atoms with van der Waals surface area (Å²) in [6, 6.07) is 0. The summed E-state index contributed by atoms with van der Waals surface area (Å²) in [5.41, 5.74) is 6.60. The third-order valence-electron chi connectivity index (χ3n) is 0.967. The summed E-state index contributed by atoms with van der Waals surface area (Å²) in [4.78, 5) is 10.4. The molecule has 0 aromatic rings. The van der Waals surface area contributed by atoms with E-state index in [1.54, 1.807) is 13.8 Å². The average Bonchev–Trinajstić information content (AvgIpc) is 1.88. The van der Waals surface area contributed by atoms with E-state index in [2.05, 4.69) is 9.47 Å². The van der Waals surface area contributed by atoms with Crippen molar-refractivity contribution in [2.45, 2.75) is 19.8 Å². The summed E-state index contributed by atoms with van der Waals surface area (Å²) in [6.45, 7) is 3.40. The molecule has 0 spiro atoms. The van der Waals surface area contributed by atoms with Crippen molar-refractivity contribution in [2.24, 2.45) is 0 Å². The van der Waals surface area contributed by atoms with Gasteiger partial charge in [0.15, 0.2) is 0 Å². The van der Waals surface area contributed by atoms with Crippen LogP contribution in [0.15, 0.2) is 0 Å². The Morgan fingerprint density at radius 1 is 1.45 bits per heavy atom. The number of amides is 1. The number of rotatable bonds is 5.